The van der Waals surface area contributed by atoms with Crippen molar-refractivity contribution in [3.05, 3.63) is 29.6 Å². The molecule has 1 saturated heterocycles. The minimum absolute atomic E-state index is 0.799. The molecule has 0 aromatic carbocycles. The fourth-order valence-corrected chi connectivity index (χ4v) is 2.40. The van der Waals surface area contributed by atoms with Gasteiger partial charge < -0.3 is 10.6 Å². The molecule has 0 amide bonds. The second kappa shape index (κ2) is 6.83. The lowest BCUT2D eigenvalue weighted by atomic mass is 10.2. The van der Waals surface area contributed by atoms with Crippen molar-refractivity contribution < 1.29 is 0 Å². The molecule has 0 saturated carbocycles. The van der Waals surface area contributed by atoms with Crippen LogP contribution in [0.3, 0.4) is 0 Å². The summed E-state index contributed by atoms with van der Waals surface area (Å²) in [6, 6.07) is 6.26. The van der Waals surface area contributed by atoms with E-state index in [2.05, 4.69) is 26.9 Å². The molecule has 1 fully saturated rings. The lowest BCUT2D eigenvalue weighted by Crippen LogP contribution is -2.46. The van der Waals surface area contributed by atoms with Gasteiger partial charge in [-0.2, -0.15) is 0 Å². The van der Waals surface area contributed by atoms with E-state index in [4.69, 9.17) is 5.73 Å². The average Bonchev–Trinajstić information content (AvgIpc) is 2.38. The van der Waals surface area contributed by atoms with Gasteiger partial charge in [0.2, 0.25) is 0 Å². The van der Waals surface area contributed by atoms with Gasteiger partial charge in [0.1, 0.15) is 0 Å². The number of hydrogen-bond acceptors (Lipinski definition) is 4. The first-order valence-electron chi connectivity index (χ1n) is 6.85. The van der Waals surface area contributed by atoms with Crippen LogP contribution in [0.2, 0.25) is 0 Å². The van der Waals surface area contributed by atoms with Crippen molar-refractivity contribution in [2.24, 2.45) is 5.73 Å². The summed E-state index contributed by atoms with van der Waals surface area (Å²) in [5.41, 5.74) is 7.84. The molecular formula is C14H24N4. The molecule has 1 aliphatic heterocycles. The number of hydrogen-bond donors (Lipinski definition) is 1. The van der Waals surface area contributed by atoms with E-state index in [9.17, 15) is 0 Å². The molecule has 0 spiro atoms. The smallest absolute Gasteiger partial charge is 0.0547 e. The van der Waals surface area contributed by atoms with Crippen LogP contribution in [0.1, 0.15) is 17.8 Å². The Balaban J connectivity index is 1.76. The van der Waals surface area contributed by atoms with Crippen molar-refractivity contribution in [1.82, 2.24) is 14.8 Å². The van der Waals surface area contributed by atoms with E-state index in [-0.39, 0.29) is 0 Å². The molecule has 1 aliphatic rings. The van der Waals surface area contributed by atoms with Crippen LogP contribution in [0.15, 0.2) is 18.2 Å². The number of piperazine rings is 1. The van der Waals surface area contributed by atoms with Crippen molar-refractivity contribution in [3.8, 4) is 0 Å². The normalized spacial score (nSPS) is 18.1. The Bertz CT molecular complexity index is 359. The van der Waals surface area contributed by atoms with E-state index in [1.165, 1.54) is 5.69 Å². The van der Waals surface area contributed by atoms with Crippen molar-refractivity contribution in [2.45, 2.75) is 19.9 Å². The molecular weight excluding hydrogens is 224 g/mol. The third-order valence-corrected chi connectivity index (χ3v) is 3.47. The Morgan fingerprint density at radius 3 is 2.56 bits per heavy atom. The molecule has 0 radical (unpaired) electrons. The van der Waals surface area contributed by atoms with Crippen LogP contribution in [0.5, 0.6) is 0 Å². The molecule has 0 aliphatic carbocycles. The summed E-state index contributed by atoms with van der Waals surface area (Å²) in [4.78, 5) is 9.56. The molecule has 1 aromatic heterocycles. The Kier molecular flexibility index (Phi) is 5.11. The van der Waals surface area contributed by atoms with Crippen molar-refractivity contribution in [1.29, 1.82) is 0 Å². The van der Waals surface area contributed by atoms with Crippen LogP contribution < -0.4 is 5.73 Å². The Labute approximate surface area is 110 Å². The molecule has 0 atom stereocenters. The lowest BCUT2D eigenvalue weighted by Gasteiger charge is -2.34. The lowest BCUT2D eigenvalue weighted by molar-refractivity contribution is 0.125. The third-order valence-electron chi connectivity index (χ3n) is 3.47. The van der Waals surface area contributed by atoms with Crippen LogP contribution in [0.25, 0.3) is 0 Å². The van der Waals surface area contributed by atoms with Gasteiger partial charge in [0.05, 0.1) is 5.69 Å². The zero-order valence-corrected chi connectivity index (χ0v) is 11.3. The fraction of sp³-hybridized carbons (Fsp3) is 0.643. The van der Waals surface area contributed by atoms with E-state index in [1.54, 1.807) is 0 Å². The van der Waals surface area contributed by atoms with E-state index < -0.39 is 0 Å². The molecule has 2 rings (SSSR count). The zero-order chi connectivity index (χ0) is 12.8. The van der Waals surface area contributed by atoms with Crippen LogP contribution in [0.4, 0.5) is 0 Å². The van der Waals surface area contributed by atoms with Gasteiger partial charge in [0, 0.05) is 38.4 Å². The summed E-state index contributed by atoms with van der Waals surface area (Å²) >= 11 is 0. The van der Waals surface area contributed by atoms with E-state index >= 15 is 0 Å². The Hall–Kier alpha value is -0.970. The first-order valence-corrected chi connectivity index (χ1v) is 6.85. The zero-order valence-electron chi connectivity index (χ0n) is 11.3. The summed E-state index contributed by atoms with van der Waals surface area (Å²) in [6.07, 6.45) is 1.11. The summed E-state index contributed by atoms with van der Waals surface area (Å²) in [5, 5.41) is 0. The van der Waals surface area contributed by atoms with Crippen molar-refractivity contribution in [2.75, 3.05) is 39.3 Å². The highest BCUT2D eigenvalue weighted by molar-refractivity contribution is 5.09. The molecule has 100 valence electrons. The number of aryl methyl sites for hydroxylation is 1. The highest BCUT2D eigenvalue weighted by Gasteiger charge is 2.16. The second-order valence-corrected chi connectivity index (χ2v) is 5.03. The summed E-state index contributed by atoms with van der Waals surface area (Å²) in [6.45, 7) is 9.57. The van der Waals surface area contributed by atoms with Gasteiger partial charge in [-0.05, 0) is 38.6 Å². The van der Waals surface area contributed by atoms with Gasteiger partial charge >= 0.3 is 0 Å². The van der Waals surface area contributed by atoms with Gasteiger partial charge in [-0.3, -0.25) is 9.88 Å². The SMILES string of the molecule is Cc1cccc(CN2CCN(CCCN)CC2)n1. The van der Waals surface area contributed by atoms with E-state index in [0.717, 1.165) is 57.9 Å². The third kappa shape index (κ3) is 4.05. The standard InChI is InChI=1S/C14H24N4/c1-13-4-2-5-14(16-13)12-18-10-8-17(9-11-18)7-3-6-15/h2,4-5H,3,6-12,15H2,1H3. The number of nitrogens with two attached hydrogens (primary N) is 1. The van der Waals surface area contributed by atoms with Crippen molar-refractivity contribution in [3.63, 3.8) is 0 Å². The van der Waals surface area contributed by atoms with Crippen LogP contribution in [0, 0.1) is 6.92 Å². The minimum atomic E-state index is 0.799. The maximum Gasteiger partial charge on any atom is 0.0547 e. The van der Waals surface area contributed by atoms with Crippen LogP contribution >= 0.6 is 0 Å². The number of rotatable bonds is 5. The Morgan fingerprint density at radius 1 is 1.17 bits per heavy atom. The average molecular weight is 248 g/mol. The van der Waals surface area contributed by atoms with Crippen LogP contribution in [-0.2, 0) is 6.54 Å². The highest BCUT2D eigenvalue weighted by atomic mass is 15.3. The molecule has 4 nitrogen and oxygen atoms in total. The Morgan fingerprint density at radius 2 is 1.89 bits per heavy atom. The predicted molar refractivity (Wildman–Crippen MR) is 74.4 cm³/mol. The largest absolute Gasteiger partial charge is 0.330 e. The summed E-state index contributed by atoms with van der Waals surface area (Å²) < 4.78 is 0. The van der Waals surface area contributed by atoms with Crippen molar-refractivity contribution >= 4 is 0 Å². The minimum Gasteiger partial charge on any atom is -0.330 e. The molecule has 18 heavy (non-hydrogen) atoms. The highest BCUT2D eigenvalue weighted by Crippen LogP contribution is 2.07. The molecule has 0 unspecified atom stereocenters. The molecule has 2 N–H and O–H groups in total. The topological polar surface area (TPSA) is 45.4 Å². The monoisotopic (exact) mass is 248 g/mol. The first kappa shape index (κ1) is 13.5. The second-order valence-electron chi connectivity index (χ2n) is 5.03. The molecule has 0 bridgehead atoms. The molecule has 4 heteroatoms. The van der Waals surface area contributed by atoms with Gasteiger partial charge in [-0.25, -0.2) is 0 Å². The number of nitrogens with zero attached hydrogens (tertiary/aromatic N) is 3. The first-order chi connectivity index (χ1) is 8.78. The molecule has 2 heterocycles. The fourth-order valence-electron chi connectivity index (χ4n) is 2.40. The predicted octanol–water partition coefficient (Wildman–Crippen LogP) is 0.856. The van der Waals surface area contributed by atoms with E-state index in [0.29, 0.717) is 0 Å². The van der Waals surface area contributed by atoms with Crippen LogP contribution in [-0.4, -0.2) is 54.1 Å². The van der Waals surface area contributed by atoms with Gasteiger partial charge in [0.15, 0.2) is 0 Å². The van der Waals surface area contributed by atoms with Gasteiger partial charge in [0.25, 0.3) is 0 Å². The van der Waals surface area contributed by atoms with E-state index in [1.807, 2.05) is 13.0 Å². The number of pyridine rings is 1. The van der Waals surface area contributed by atoms with Gasteiger partial charge in [-0.15, -0.1) is 0 Å². The number of aromatic nitrogens is 1. The quantitative estimate of drug-likeness (QED) is 0.839. The summed E-state index contributed by atoms with van der Waals surface area (Å²) in [7, 11) is 0. The molecule has 1 aromatic rings. The van der Waals surface area contributed by atoms with Gasteiger partial charge in [-0.1, -0.05) is 6.07 Å². The summed E-state index contributed by atoms with van der Waals surface area (Å²) in [5.74, 6) is 0. The maximum absolute atomic E-state index is 5.54. The maximum atomic E-state index is 5.54.